The van der Waals surface area contributed by atoms with Crippen LogP contribution < -0.4 is 0 Å². The molecular weight excluding hydrogens is 509 g/mol. The van der Waals surface area contributed by atoms with Crippen molar-refractivity contribution in [2.75, 3.05) is 32.4 Å². The molecule has 0 spiro atoms. The van der Waals surface area contributed by atoms with Gasteiger partial charge in [0.1, 0.15) is 6.54 Å². The summed E-state index contributed by atoms with van der Waals surface area (Å²) < 4.78 is 30.2. The maximum atomic E-state index is 9.19. The van der Waals surface area contributed by atoms with Crippen LogP contribution in [0.3, 0.4) is 0 Å². The number of nitrogens with zero attached hydrogens (tertiary/aromatic N) is 1. The summed E-state index contributed by atoms with van der Waals surface area (Å²) in [4.78, 5) is 0. The largest absolute Gasteiger partial charge is 0.313 e. The van der Waals surface area contributed by atoms with Gasteiger partial charge in [0, 0.05) is 35.4 Å². The van der Waals surface area contributed by atoms with Crippen LogP contribution in [0, 0.1) is 9.85 Å². The molecule has 0 amide bonds. The molecule has 178 valence electrons. The van der Waals surface area contributed by atoms with E-state index in [4.69, 9.17) is 4.55 Å². The zero-order valence-corrected chi connectivity index (χ0v) is 22.6. The van der Waals surface area contributed by atoms with E-state index >= 15 is 0 Å². The number of halogens is 1. The number of hydrogen-bond acceptors (Lipinski definition) is 2. The third-order valence-corrected chi connectivity index (χ3v) is 6.36. The monoisotopic (exact) mass is 556 g/mol. The van der Waals surface area contributed by atoms with Crippen LogP contribution in [-0.4, -0.2) is 49.9 Å². The molecule has 0 aromatic rings. The molecule has 1 saturated heterocycles. The zero-order valence-electron chi connectivity index (χ0n) is 19.6. The van der Waals surface area contributed by atoms with Gasteiger partial charge in [0.25, 0.3) is 10.1 Å². The fraction of sp³-hybridized carbons (Fsp3) is 0.917. The molecule has 0 aromatic carbocycles. The van der Waals surface area contributed by atoms with E-state index in [0.717, 1.165) is 6.54 Å². The average molecular weight is 557 g/mol. The van der Waals surface area contributed by atoms with E-state index < -0.39 is 10.1 Å². The lowest BCUT2D eigenvalue weighted by molar-refractivity contribution is -0.910. The highest BCUT2D eigenvalue weighted by molar-refractivity contribution is 14.1. The van der Waals surface area contributed by atoms with Crippen LogP contribution in [0.5, 0.6) is 0 Å². The smallest absolute Gasteiger partial charge is 0.261 e. The van der Waals surface area contributed by atoms with Crippen LogP contribution in [-0.2, 0) is 10.1 Å². The second-order valence-electron chi connectivity index (χ2n) is 8.98. The molecule has 30 heavy (non-hydrogen) atoms. The Labute approximate surface area is 201 Å². The number of hydrogen-bond donors (Lipinski definition) is 1. The molecule has 0 unspecified atom stereocenters. The van der Waals surface area contributed by atoms with Gasteiger partial charge < -0.3 is 4.48 Å². The number of rotatable bonds is 16. The molecule has 1 rings (SSSR count). The van der Waals surface area contributed by atoms with E-state index in [0.29, 0.717) is 6.26 Å². The maximum absolute atomic E-state index is 9.19. The van der Waals surface area contributed by atoms with Crippen molar-refractivity contribution < 1.29 is 17.5 Å². The lowest BCUT2D eigenvalue weighted by Crippen LogP contribution is -2.46. The van der Waals surface area contributed by atoms with E-state index in [2.05, 4.69) is 39.4 Å². The van der Waals surface area contributed by atoms with Crippen molar-refractivity contribution in [3.63, 3.8) is 0 Å². The van der Waals surface area contributed by atoms with E-state index in [9.17, 15) is 8.42 Å². The van der Waals surface area contributed by atoms with Gasteiger partial charge in [-0.3, -0.25) is 4.55 Å². The first-order valence-corrected chi connectivity index (χ1v) is 15.1. The van der Waals surface area contributed by atoms with Gasteiger partial charge in [-0.25, -0.2) is 0 Å². The summed E-state index contributed by atoms with van der Waals surface area (Å²) in [5, 5.41) is 0. The lowest BCUT2D eigenvalue weighted by atomic mass is 10.0. The Morgan fingerprint density at radius 2 is 1.17 bits per heavy atom. The van der Waals surface area contributed by atoms with Gasteiger partial charge in [-0.1, -0.05) is 84.0 Å². The Balaban J connectivity index is 0.00000150. The highest BCUT2D eigenvalue weighted by atomic mass is 127. The molecule has 1 fully saturated rings. The van der Waals surface area contributed by atoms with Crippen molar-refractivity contribution in [2.45, 2.75) is 110 Å². The minimum atomic E-state index is -3.67. The van der Waals surface area contributed by atoms with Crippen molar-refractivity contribution in [1.29, 1.82) is 0 Å². The molecule has 0 saturated carbocycles. The second-order valence-corrected chi connectivity index (χ2v) is 11.0. The predicted octanol–water partition coefficient (Wildman–Crippen LogP) is 6.98. The van der Waals surface area contributed by atoms with Crippen LogP contribution >= 0.6 is 22.6 Å². The minimum absolute atomic E-state index is 0.715. The van der Waals surface area contributed by atoms with Crippen LogP contribution in [0.25, 0.3) is 0 Å². The Hall–Kier alpha value is 0.160. The van der Waals surface area contributed by atoms with Gasteiger partial charge in [0.15, 0.2) is 0 Å². The third-order valence-electron chi connectivity index (χ3n) is 5.98. The van der Waals surface area contributed by atoms with Gasteiger partial charge in [0.05, 0.1) is 25.9 Å². The predicted molar refractivity (Wildman–Crippen MR) is 139 cm³/mol. The lowest BCUT2D eigenvalue weighted by Gasteiger charge is -2.32. The molecule has 0 aromatic heterocycles. The highest BCUT2D eigenvalue weighted by Crippen LogP contribution is 2.21. The summed E-state index contributed by atoms with van der Waals surface area (Å²) in [6, 6.07) is 0. The van der Waals surface area contributed by atoms with Gasteiger partial charge >= 0.3 is 0 Å². The minimum Gasteiger partial charge on any atom is -0.313 e. The molecule has 1 heterocycles. The molecule has 0 aliphatic carbocycles. The van der Waals surface area contributed by atoms with E-state index in [1.165, 1.54) is 127 Å². The molecule has 1 N–H and O–H groups in total. The quantitative estimate of drug-likeness (QED) is 0.0734. The number of quaternary nitrogens is 1. The molecular formula is C24H47INO3S+. The highest BCUT2D eigenvalue weighted by Gasteiger charge is 2.30. The standard InChI is InChI=1S/C23H43IN.CH4O3S/c1-2-3-4-5-6-7-8-9-10-11-12-13-14-15-20-25(23-18-19-24)21-16-17-22-25;1-5(2,3)4/h2-17,20-23H2,1H3;1H3,(H,2,3,4)/q+1;. The number of unbranched alkanes of at least 4 members (excludes halogenated alkanes) is 13. The van der Waals surface area contributed by atoms with Crippen LogP contribution in [0.2, 0.25) is 0 Å². The molecule has 0 radical (unpaired) electrons. The van der Waals surface area contributed by atoms with Gasteiger partial charge in [0.2, 0.25) is 0 Å². The van der Waals surface area contributed by atoms with Gasteiger partial charge in [-0.2, -0.15) is 8.42 Å². The molecule has 6 heteroatoms. The molecule has 1 aliphatic heterocycles. The van der Waals surface area contributed by atoms with Crippen LogP contribution in [0.15, 0.2) is 0 Å². The summed E-state index contributed by atoms with van der Waals surface area (Å²) in [5.74, 6) is 3.34. The fourth-order valence-electron chi connectivity index (χ4n) is 4.31. The fourth-order valence-corrected chi connectivity index (χ4v) is 4.48. The van der Waals surface area contributed by atoms with Crippen molar-refractivity contribution in [1.82, 2.24) is 0 Å². The molecule has 1 aliphatic rings. The first kappa shape index (κ1) is 30.2. The first-order chi connectivity index (χ1) is 14.3. The molecule has 0 atom stereocenters. The van der Waals surface area contributed by atoms with Gasteiger partial charge in [-0.05, 0) is 22.7 Å². The SMILES string of the molecule is CCCCCCCCCCCCCCCC[N+]1(CC#CI)CCCC1.CS(=O)(=O)O. The van der Waals surface area contributed by atoms with E-state index in [-0.39, 0.29) is 0 Å². The summed E-state index contributed by atoms with van der Waals surface area (Å²) in [6.07, 6.45) is 23.9. The molecule has 0 bridgehead atoms. The van der Waals surface area contributed by atoms with E-state index in [1.807, 2.05) is 0 Å². The normalized spacial score (nSPS) is 15.2. The zero-order chi connectivity index (χ0) is 22.6. The summed E-state index contributed by atoms with van der Waals surface area (Å²) in [6.45, 7) is 7.53. The summed E-state index contributed by atoms with van der Waals surface area (Å²) >= 11 is 2.19. The average Bonchev–Trinajstić information content (AvgIpc) is 3.14. The van der Waals surface area contributed by atoms with Crippen LogP contribution in [0.1, 0.15) is 110 Å². The van der Waals surface area contributed by atoms with Crippen molar-refractivity contribution >= 4 is 32.7 Å². The topological polar surface area (TPSA) is 54.4 Å². The Kier molecular flexibility index (Phi) is 19.9. The second kappa shape index (κ2) is 19.8. The summed E-state index contributed by atoms with van der Waals surface area (Å²) in [5.41, 5.74) is 0. The Morgan fingerprint density at radius 3 is 1.53 bits per heavy atom. The number of likely N-dealkylation sites (tertiary alicyclic amines) is 1. The Bertz CT molecular complexity index is 541. The van der Waals surface area contributed by atoms with Crippen molar-refractivity contribution in [3.8, 4) is 9.85 Å². The Morgan fingerprint density at radius 1 is 0.800 bits per heavy atom. The van der Waals surface area contributed by atoms with Crippen molar-refractivity contribution in [2.24, 2.45) is 0 Å². The van der Waals surface area contributed by atoms with E-state index in [1.54, 1.807) is 0 Å². The first-order valence-electron chi connectivity index (χ1n) is 12.2. The van der Waals surface area contributed by atoms with Crippen molar-refractivity contribution in [3.05, 3.63) is 0 Å². The summed E-state index contributed by atoms with van der Waals surface area (Å²) in [7, 11) is -3.67. The third kappa shape index (κ3) is 21.4. The van der Waals surface area contributed by atoms with Crippen LogP contribution in [0.4, 0.5) is 0 Å². The molecule has 4 nitrogen and oxygen atoms in total. The van der Waals surface area contributed by atoms with Gasteiger partial charge in [-0.15, -0.1) is 0 Å². The maximum Gasteiger partial charge on any atom is 0.261 e.